The fourth-order valence-electron chi connectivity index (χ4n) is 4.98. The minimum Gasteiger partial charge on any atom is -0.507 e. The average Bonchev–Trinajstić information content (AvgIpc) is 3.35. The van der Waals surface area contributed by atoms with Crippen molar-refractivity contribution in [3.63, 3.8) is 0 Å². The third-order valence-electron chi connectivity index (χ3n) is 6.90. The normalized spacial score (nSPS) is 20.7. The maximum absolute atomic E-state index is 13.4. The topological polar surface area (TPSA) is 87.1 Å². The van der Waals surface area contributed by atoms with Gasteiger partial charge in [-0.15, -0.1) is 0 Å². The fraction of sp³-hybridized carbons (Fsp3) is 0.267. The summed E-state index contributed by atoms with van der Waals surface area (Å²) in [5, 5.41) is 22.4. The molecular weight excluding hydrogens is 490 g/mol. The molecule has 2 aliphatic heterocycles. The quantitative estimate of drug-likeness (QED) is 0.242. The molecule has 2 atom stereocenters. The number of carbonyl (C=O) groups is 2. The Morgan fingerprint density at radius 1 is 1.03 bits per heavy atom. The lowest BCUT2D eigenvalue weighted by atomic mass is 9.85. The summed E-state index contributed by atoms with van der Waals surface area (Å²) < 4.78 is 5.77. The molecule has 2 heterocycles. The first kappa shape index (κ1) is 24.9. The van der Waals surface area contributed by atoms with Crippen molar-refractivity contribution < 1.29 is 24.5 Å². The van der Waals surface area contributed by atoms with E-state index in [4.69, 9.17) is 16.3 Å². The van der Waals surface area contributed by atoms with Crippen molar-refractivity contribution in [3.8, 4) is 11.5 Å². The smallest absolute Gasteiger partial charge is 0.300 e. The number of benzene rings is 3. The van der Waals surface area contributed by atoms with E-state index in [1.165, 1.54) is 23.1 Å². The number of rotatable bonds is 3. The van der Waals surface area contributed by atoms with Crippen LogP contribution in [0.5, 0.6) is 11.5 Å². The lowest BCUT2D eigenvalue weighted by molar-refractivity contribution is -0.132. The van der Waals surface area contributed by atoms with Gasteiger partial charge in [0.25, 0.3) is 11.7 Å². The van der Waals surface area contributed by atoms with Crippen LogP contribution in [0, 0.1) is 0 Å². The number of carbonyl (C=O) groups excluding carboxylic acids is 2. The van der Waals surface area contributed by atoms with Crippen molar-refractivity contribution in [1.29, 1.82) is 0 Å². The van der Waals surface area contributed by atoms with E-state index in [1.54, 1.807) is 18.2 Å². The van der Waals surface area contributed by atoms with Gasteiger partial charge in [-0.25, -0.2) is 0 Å². The van der Waals surface area contributed by atoms with E-state index < -0.39 is 17.7 Å². The molecule has 2 aliphatic rings. The number of Topliss-reactive ketones (excluding diaryl/α,β-unsaturated/α-hetero) is 1. The van der Waals surface area contributed by atoms with Crippen LogP contribution >= 0.6 is 11.6 Å². The van der Waals surface area contributed by atoms with Gasteiger partial charge < -0.3 is 14.9 Å². The number of phenolic OH excluding ortho intramolecular Hbond substituents is 1. The first-order chi connectivity index (χ1) is 17.5. The number of ketones is 1. The van der Waals surface area contributed by atoms with Crippen LogP contribution in [0.25, 0.3) is 5.76 Å². The highest BCUT2D eigenvalue weighted by Crippen LogP contribution is 2.46. The Morgan fingerprint density at radius 2 is 1.73 bits per heavy atom. The van der Waals surface area contributed by atoms with Gasteiger partial charge in [0, 0.05) is 17.0 Å². The molecule has 0 bridgehead atoms. The second-order valence-electron chi connectivity index (χ2n) is 10.6. The number of ether oxygens (including phenoxy) is 1. The lowest BCUT2D eigenvalue weighted by Crippen LogP contribution is -2.29. The number of aliphatic hydroxyl groups is 1. The molecule has 0 saturated carbocycles. The predicted molar refractivity (Wildman–Crippen MR) is 143 cm³/mol. The molecule has 0 radical (unpaired) electrons. The maximum Gasteiger partial charge on any atom is 0.300 e. The van der Waals surface area contributed by atoms with Gasteiger partial charge in [0.05, 0.1) is 17.3 Å². The number of anilines is 1. The highest BCUT2D eigenvalue weighted by molar-refractivity contribution is 6.52. The molecule has 2 N–H and O–H groups in total. The summed E-state index contributed by atoms with van der Waals surface area (Å²) >= 11 is 6.20. The fourth-order valence-corrected chi connectivity index (χ4v) is 5.14. The van der Waals surface area contributed by atoms with E-state index in [-0.39, 0.29) is 34.3 Å². The van der Waals surface area contributed by atoms with Gasteiger partial charge in [0.1, 0.15) is 23.4 Å². The van der Waals surface area contributed by atoms with Crippen molar-refractivity contribution in [2.45, 2.75) is 51.7 Å². The lowest BCUT2D eigenvalue weighted by Gasteiger charge is -2.27. The van der Waals surface area contributed by atoms with Gasteiger partial charge >= 0.3 is 0 Å². The van der Waals surface area contributed by atoms with Crippen molar-refractivity contribution in [2.75, 3.05) is 4.90 Å². The summed E-state index contributed by atoms with van der Waals surface area (Å²) in [4.78, 5) is 28.1. The number of hydrogen-bond donors (Lipinski definition) is 2. The van der Waals surface area contributed by atoms with Crippen molar-refractivity contribution in [3.05, 3.63) is 93.5 Å². The zero-order valence-electron chi connectivity index (χ0n) is 21.1. The van der Waals surface area contributed by atoms with Gasteiger partial charge in [-0.3, -0.25) is 14.5 Å². The second-order valence-corrected chi connectivity index (χ2v) is 11.1. The molecule has 5 rings (SSSR count). The van der Waals surface area contributed by atoms with Gasteiger partial charge in [0.15, 0.2) is 0 Å². The average molecular weight is 518 g/mol. The standard InChI is InChI=1S/C30H28ClNO5/c1-16-13-19-14-18(7-12-24(19)37-16)27(34)25-26(17-5-8-20(9-6-17)30(2,3)4)32(29(36)28(25)35)22-15-21(31)10-11-23(22)33/h5-12,14-16,26,33-34H,13H2,1-4H3/b27-25-. The molecule has 37 heavy (non-hydrogen) atoms. The number of amides is 1. The van der Waals surface area contributed by atoms with Crippen LogP contribution in [0.2, 0.25) is 5.02 Å². The van der Waals surface area contributed by atoms with Crippen LogP contribution in [0.15, 0.2) is 66.2 Å². The molecule has 6 nitrogen and oxygen atoms in total. The molecule has 2 unspecified atom stereocenters. The van der Waals surface area contributed by atoms with E-state index in [1.807, 2.05) is 31.2 Å². The van der Waals surface area contributed by atoms with Crippen molar-refractivity contribution in [2.24, 2.45) is 0 Å². The van der Waals surface area contributed by atoms with E-state index in [0.717, 1.165) is 16.9 Å². The zero-order chi connectivity index (χ0) is 26.6. The van der Waals surface area contributed by atoms with Gasteiger partial charge in [0.2, 0.25) is 0 Å². The van der Waals surface area contributed by atoms with Crippen LogP contribution in [0.4, 0.5) is 5.69 Å². The SMILES string of the molecule is CC1Cc2cc(/C(O)=C3/C(=O)C(=O)N(c4cc(Cl)ccc4O)C3c3ccc(C(C)(C)C)cc3)ccc2O1. The summed E-state index contributed by atoms with van der Waals surface area (Å²) in [7, 11) is 0. The molecule has 7 heteroatoms. The van der Waals surface area contributed by atoms with Crippen molar-refractivity contribution >= 4 is 34.7 Å². The molecule has 0 aliphatic carbocycles. The number of halogens is 1. The number of nitrogens with zero attached hydrogens (tertiary/aromatic N) is 1. The number of fused-ring (bicyclic) bond motifs is 1. The Morgan fingerprint density at radius 3 is 2.41 bits per heavy atom. The van der Waals surface area contributed by atoms with Crippen LogP contribution in [0.3, 0.4) is 0 Å². The Bertz CT molecular complexity index is 1450. The molecule has 1 fully saturated rings. The first-order valence-electron chi connectivity index (χ1n) is 12.2. The highest BCUT2D eigenvalue weighted by Gasteiger charge is 2.48. The predicted octanol–water partition coefficient (Wildman–Crippen LogP) is 6.29. The minimum absolute atomic E-state index is 0.0186. The first-order valence-corrected chi connectivity index (χ1v) is 12.5. The van der Waals surface area contributed by atoms with Gasteiger partial charge in [-0.2, -0.15) is 0 Å². The summed E-state index contributed by atoms with van der Waals surface area (Å²) in [6.45, 7) is 8.24. The third kappa shape index (κ3) is 4.36. The second kappa shape index (κ2) is 8.96. The summed E-state index contributed by atoms with van der Waals surface area (Å²) in [6.07, 6.45) is 0.698. The number of aromatic hydroxyl groups is 1. The summed E-state index contributed by atoms with van der Waals surface area (Å²) in [5.41, 5.74) is 2.97. The van der Waals surface area contributed by atoms with Crippen LogP contribution in [-0.4, -0.2) is 28.0 Å². The van der Waals surface area contributed by atoms with E-state index in [2.05, 4.69) is 20.8 Å². The van der Waals surface area contributed by atoms with Crippen LogP contribution in [-0.2, 0) is 21.4 Å². The number of phenols is 1. The van der Waals surface area contributed by atoms with Gasteiger partial charge in [-0.1, -0.05) is 56.6 Å². The van der Waals surface area contributed by atoms with E-state index in [9.17, 15) is 19.8 Å². The Kier molecular flexibility index (Phi) is 6.03. The molecule has 3 aromatic rings. The molecule has 3 aromatic carbocycles. The van der Waals surface area contributed by atoms with Crippen LogP contribution < -0.4 is 9.64 Å². The Hall–Kier alpha value is -3.77. The minimum atomic E-state index is -0.971. The zero-order valence-corrected chi connectivity index (χ0v) is 21.8. The molecule has 0 aromatic heterocycles. The monoisotopic (exact) mass is 517 g/mol. The Labute approximate surface area is 220 Å². The number of hydrogen-bond acceptors (Lipinski definition) is 5. The van der Waals surface area contributed by atoms with Gasteiger partial charge in [-0.05, 0) is 65.4 Å². The van der Waals surface area contributed by atoms with Crippen molar-refractivity contribution in [1.82, 2.24) is 0 Å². The molecule has 1 amide bonds. The molecule has 1 saturated heterocycles. The highest BCUT2D eigenvalue weighted by atomic mass is 35.5. The molecule has 0 spiro atoms. The maximum atomic E-state index is 13.4. The van der Waals surface area contributed by atoms with Crippen LogP contribution in [0.1, 0.15) is 56.0 Å². The molecular formula is C30H28ClNO5. The third-order valence-corrected chi connectivity index (χ3v) is 7.14. The largest absolute Gasteiger partial charge is 0.507 e. The summed E-state index contributed by atoms with van der Waals surface area (Å²) in [5.74, 6) is -1.45. The van der Waals surface area contributed by atoms with E-state index in [0.29, 0.717) is 22.6 Å². The number of aliphatic hydroxyl groups excluding tert-OH is 1. The van der Waals surface area contributed by atoms with E-state index >= 15 is 0 Å². The molecule has 190 valence electrons. The Balaban J connectivity index is 1.71. The summed E-state index contributed by atoms with van der Waals surface area (Å²) in [6, 6.07) is 16.1.